The third kappa shape index (κ3) is 4.04. The number of fused-ring (bicyclic) bond motifs is 1. The first-order valence-electron chi connectivity index (χ1n) is 12.0. The number of ether oxygens (including phenoxy) is 1. The molecule has 166 valence electrons. The minimum atomic E-state index is -0.190. The van der Waals surface area contributed by atoms with Crippen LogP contribution in [0.1, 0.15) is 49.7 Å². The van der Waals surface area contributed by atoms with Crippen molar-refractivity contribution in [3.63, 3.8) is 0 Å². The van der Waals surface area contributed by atoms with Gasteiger partial charge in [0.15, 0.2) is 0 Å². The molecule has 2 saturated heterocycles. The molecule has 3 aromatic rings. The van der Waals surface area contributed by atoms with E-state index < -0.39 is 0 Å². The van der Waals surface area contributed by atoms with Crippen LogP contribution in [-0.2, 0) is 9.53 Å². The molecule has 2 aliphatic heterocycles. The van der Waals surface area contributed by atoms with Crippen molar-refractivity contribution in [1.82, 2.24) is 9.88 Å². The van der Waals surface area contributed by atoms with Gasteiger partial charge in [-0.05, 0) is 72.8 Å². The Hall–Kier alpha value is -2.72. The molecule has 5 rings (SSSR count). The Morgan fingerprint density at radius 3 is 2.56 bits per heavy atom. The van der Waals surface area contributed by atoms with E-state index in [2.05, 4.69) is 61.3 Å². The molecule has 0 radical (unpaired) electrons. The molecule has 1 unspecified atom stereocenters. The van der Waals surface area contributed by atoms with Crippen molar-refractivity contribution in [3.8, 4) is 11.1 Å². The molecule has 3 heterocycles. The second-order valence-electron chi connectivity index (χ2n) is 9.39. The predicted molar refractivity (Wildman–Crippen MR) is 129 cm³/mol. The number of aromatic nitrogens is 1. The van der Waals surface area contributed by atoms with E-state index in [1.807, 2.05) is 17.2 Å². The van der Waals surface area contributed by atoms with Gasteiger partial charge in [-0.15, -0.1) is 0 Å². The fourth-order valence-electron chi connectivity index (χ4n) is 5.44. The summed E-state index contributed by atoms with van der Waals surface area (Å²) in [5.74, 6) is 1.31. The Morgan fingerprint density at radius 2 is 1.84 bits per heavy atom. The molecule has 2 aliphatic rings. The fraction of sp³-hybridized carbons (Fsp3) is 0.429. The second kappa shape index (κ2) is 9.03. The zero-order valence-electron chi connectivity index (χ0n) is 19.1. The number of pyridine rings is 1. The number of nitrogens with zero attached hydrogens (tertiary/aromatic N) is 2. The average molecular weight is 429 g/mol. The van der Waals surface area contributed by atoms with Gasteiger partial charge in [0.25, 0.3) is 5.91 Å². The molecule has 0 spiro atoms. The summed E-state index contributed by atoms with van der Waals surface area (Å²) in [6, 6.07) is 17.5. The number of rotatable bonds is 4. The van der Waals surface area contributed by atoms with Crippen LogP contribution in [0.5, 0.6) is 0 Å². The molecular weight excluding hydrogens is 396 g/mol. The number of benzene rings is 2. The maximum Gasteiger partial charge on any atom is 0.251 e. The zero-order chi connectivity index (χ0) is 22.1. The summed E-state index contributed by atoms with van der Waals surface area (Å²) in [5, 5.41) is 1.18. The highest BCUT2D eigenvalue weighted by Crippen LogP contribution is 2.35. The fourth-order valence-corrected chi connectivity index (χ4v) is 5.44. The second-order valence-corrected chi connectivity index (χ2v) is 9.39. The van der Waals surface area contributed by atoms with Crippen LogP contribution >= 0.6 is 0 Å². The van der Waals surface area contributed by atoms with Crippen molar-refractivity contribution in [2.75, 3.05) is 19.7 Å². The molecule has 2 atom stereocenters. The first-order valence-corrected chi connectivity index (χ1v) is 12.0. The number of hydrogen-bond donors (Lipinski definition) is 0. The summed E-state index contributed by atoms with van der Waals surface area (Å²) in [6.07, 6.45) is 5.70. The van der Waals surface area contributed by atoms with E-state index in [0.717, 1.165) is 50.9 Å². The van der Waals surface area contributed by atoms with E-state index in [1.165, 1.54) is 27.6 Å². The highest BCUT2D eigenvalue weighted by molar-refractivity contribution is 5.88. The Bertz CT molecular complexity index is 1090. The van der Waals surface area contributed by atoms with E-state index in [0.29, 0.717) is 11.8 Å². The predicted octanol–water partition coefficient (Wildman–Crippen LogP) is 5.73. The third-order valence-corrected chi connectivity index (χ3v) is 7.54. The Balaban J connectivity index is 1.25. The SMILES string of the molecule is Cc1c(-c2ccc(C(C)C3CCN(C(=O)[C@H]4CCCO4)CC3)cc2)ccc2cccnc12. The van der Waals surface area contributed by atoms with E-state index in [-0.39, 0.29) is 12.0 Å². The van der Waals surface area contributed by atoms with Crippen molar-refractivity contribution in [2.45, 2.75) is 51.6 Å². The summed E-state index contributed by atoms with van der Waals surface area (Å²) >= 11 is 0. The van der Waals surface area contributed by atoms with Crippen molar-refractivity contribution in [3.05, 3.63) is 65.9 Å². The molecule has 4 nitrogen and oxygen atoms in total. The minimum absolute atomic E-state index is 0.190. The van der Waals surface area contributed by atoms with Gasteiger partial charge in [0.1, 0.15) is 6.10 Å². The number of likely N-dealkylation sites (tertiary alicyclic amines) is 1. The van der Waals surface area contributed by atoms with Crippen LogP contribution in [0.3, 0.4) is 0 Å². The number of piperidine rings is 1. The molecule has 2 fully saturated rings. The molecule has 32 heavy (non-hydrogen) atoms. The molecule has 4 heteroatoms. The van der Waals surface area contributed by atoms with Crippen molar-refractivity contribution >= 4 is 16.8 Å². The summed E-state index contributed by atoms with van der Waals surface area (Å²) in [5.41, 5.74) is 6.17. The number of amides is 1. The highest BCUT2D eigenvalue weighted by atomic mass is 16.5. The van der Waals surface area contributed by atoms with Crippen molar-refractivity contribution in [2.24, 2.45) is 5.92 Å². The van der Waals surface area contributed by atoms with Gasteiger partial charge in [-0.1, -0.05) is 49.4 Å². The Kier molecular flexibility index (Phi) is 5.97. The standard InChI is InChI=1S/C28H32N2O2/c1-19(22-13-16-30(17-14-22)28(31)26-6-4-18-32-26)21-7-9-23(10-8-21)25-12-11-24-5-3-15-29-27(24)20(25)2/h3,5,7-12,15,19,22,26H,4,6,13-14,16-18H2,1-2H3/t19?,26-/m1/s1. The lowest BCUT2D eigenvalue weighted by molar-refractivity contribution is -0.142. The smallest absolute Gasteiger partial charge is 0.251 e. The molecule has 1 amide bonds. The summed E-state index contributed by atoms with van der Waals surface area (Å²) in [6.45, 7) is 6.94. The van der Waals surface area contributed by atoms with E-state index in [9.17, 15) is 4.79 Å². The van der Waals surface area contributed by atoms with Gasteiger partial charge >= 0.3 is 0 Å². The van der Waals surface area contributed by atoms with E-state index in [4.69, 9.17) is 4.74 Å². The van der Waals surface area contributed by atoms with Crippen LogP contribution in [0.25, 0.3) is 22.0 Å². The van der Waals surface area contributed by atoms with Crippen molar-refractivity contribution in [1.29, 1.82) is 0 Å². The summed E-state index contributed by atoms with van der Waals surface area (Å²) < 4.78 is 5.60. The normalized spacial score (nSPS) is 20.6. The molecule has 0 saturated carbocycles. The Morgan fingerprint density at radius 1 is 1.06 bits per heavy atom. The highest BCUT2D eigenvalue weighted by Gasteiger charge is 2.32. The van der Waals surface area contributed by atoms with Crippen molar-refractivity contribution < 1.29 is 9.53 Å². The lowest BCUT2D eigenvalue weighted by Gasteiger charge is -2.36. The van der Waals surface area contributed by atoms with Gasteiger partial charge in [0.2, 0.25) is 0 Å². The minimum Gasteiger partial charge on any atom is -0.368 e. The maximum absolute atomic E-state index is 12.6. The van der Waals surface area contributed by atoms with E-state index in [1.54, 1.807) is 0 Å². The first kappa shape index (κ1) is 21.1. The van der Waals surface area contributed by atoms with Gasteiger partial charge in [0, 0.05) is 31.3 Å². The molecule has 0 N–H and O–H groups in total. The number of aryl methyl sites for hydroxylation is 1. The van der Waals surface area contributed by atoms with Crippen LogP contribution in [0.2, 0.25) is 0 Å². The van der Waals surface area contributed by atoms with Gasteiger partial charge in [-0.25, -0.2) is 0 Å². The largest absolute Gasteiger partial charge is 0.368 e. The number of carbonyl (C=O) groups is 1. The zero-order valence-corrected chi connectivity index (χ0v) is 19.1. The van der Waals surface area contributed by atoms with Gasteiger partial charge < -0.3 is 9.64 Å². The quantitative estimate of drug-likeness (QED) is 0.533. The van der Waals surface area contributed by atoms with E-state index >= 15 is 0 Å². The third-order valence-electron chi connectivity index (χ3n) is 7.54. The van der Waals surface area contributed by atoms with Gasteiger partial charge in [0.05, 0.1) is 5.52 Å². The lowest BCUT2D eigenvalue weighted by Crippen LogP contribution is -2.44. The van der Waals surface area contributed by atoms with Crippen LogP contribution in [-0.4, -0.2) is 41.6 Å². The van der Waals surface area contributed by atoms with Gasteiger partial charge in [-0.2, -0.15) is 0 Å². The molecule has 2 aromatic carbocycles. The van der Waals surface area contributed by atoms with Crippen LogP contribution in [0.4, 0.5) is 0 Å². The van der Waals surface area contributed by atoms with Gasteiger partial charge in [-0.3, -0.25) is 9.78 Å². The molecule has 1 aromatic heterocycles. The number of hydrogen-bond acceptors (Lipinski definition) is 3. The lowest BCUT2D eigenvalue weighted by atomic mass is 9.81. The average Bonchev–Trinajstić information content (AvgIpc) is 3.39. The summed E-state index contributed by atoms with van der Waals surface area (Å²) in [7, 11) is 0. The Labute approximate surface area is 190 Å². The first-order chi connectivity index (χ1) is 15.6. The van der Waals surface area contributed by atoms with Crippen LogP contribution in [0, 0.1) is 12.8 Å². The maximum atomic E-state index is 12.6. The molecule has 0 aliphatic carbocycles. The molecular formula is C28H32N2O2. The topological polar surface area (TPSA) is 42.4 Å². The molecule has 0 bridgehead atoms. The summed E-state index contributed by atoms with van der Waals surface area (Å²) in [4.78, 5) is 19.2. The monoisotopic (exact) mass is 428 g/mol. The number of carbonyl (C=O) groups excluding carboxylic acids is 1. The van der Waals surface area contributed by atoms with Crippen LogP contribution in [0.15, 0.2) is 54.7 Å². The van der Waals surface area contributed by atoms with Crippen LogP contribution < -0.4 is 0 Å².